The Morgan fingerprint density at radius 3 is 1.60 bits per heavy atom. The molecule has 0 saturated heterocycles. The lowest BCUT2D eigenvalue weighted by molar-refractivity contribution is -0.181. The van der Waals surface area contributed by atoms with Crippen molar-refractivity contribution in [1.82, 2.24) is 0 Å². The highest BCUT2D eigenvalue weighted by Crippen LogP contribution is 2.20. The number of rotatable bonds is 5. The first-order valence-corrected chi connectivity index (χ1v) is 3.54. The summed E-state index contributed by atoms with van der Waals surface area (Å²) >= 11 is 0. The Kier molecular flexibility index (Phi) is 3.37. The second-order valence-corrected chi connectivity index (χ2v) is 2.91. The van der Waals surface area contributed by atoms with E-state index in [4.69, 9.17) is 26.8 Å². The van der Waals surface area contributed by atoms with E-state index in [9.17, 15) is 19.5 Å². The molecule has 86 valence electrons. The molecule has 8 N–H and O–H groups in total. The lowest BCUT2D eigenvalue weighted by Gasteiger charge is -2.33. The highest BCUT2D eigenvalue weighted by Gasteiger charge is 2.58. The van der Waals surface area contributed by atoms with E-state index in [1.165, 1.54) is 0 Å². The zero-order chi connectivity index (χ0) is 12.4. The largest absolute Gasteiger partial charge is 0.481 e. The molecule has 0 rings (SSSR count). The molecule has 0 radical (unpaired) electrons. The molecule has 0 aliphatic rings. The van der Waals surface area contributed by atoms with Crippen LogP contribution >= 0.6 is 0 Å². The van der Waals surface area contributed by atoms with Crippen LogP contribution in [0.3, 0.4) is 0 Å². The average molecular weight is 223 g/mol. The highest BCUT2D eigenvalue weighted by atomic mass is 16.5. The van der Waals surface area contributed by atoms with Crippen molar-refractivity contribution in [2.45, 2.75) is 17.7 Å². The van der Waals surface area contributed by atoms with E-state index in [0.29, 0.717) is 0 Å². The third-order valence-corrected chi connectivity index (χ3v) is 1.80. The topological polar surface area (TPSA) is 184 Å². The molecule has 9 nitrogen and oxygen atoms in total. The average Bonchev–Trinajstić information content (AvgIpc) is 2.01. The van der Waals surface area contributed by atoms with Crippen LogP contribution < -0.4 is 11.5 Å². The number of nitrogens with two attached hydrogens (primary N) is 2. The van der Waals surface area contributed by atoms with Gasteiger partial charge in [-0.15, -0.1) is 0 Å². The van der Waals surface area contributed by atoms with Gasteiger partial charge in [0.25, 0.3) is 0 Å². The lowest BCUT2D eigenvalue weighted by Crippen LogP contribution is -2.75. The van der Waals surface area contributed by atoms with Crippen LogP contribution in [0.25, 0.3) is 0 Å². The maximum atomic E-state index is 10.6. The predicted molar refractivity (Wildman–Crippen MR) is 43.6 cm³/mol. The van der Waals surface area contributed by atoms with E-state index in [0.717, 1.165) is 0 Å². The van der Waals surface area contributed by atoms with E-state index in [-0.39, 0.29) is 0 Å². The van der Waals surface area contributed by atoms with Gasteiger partial charge < -0.3 is 31.9 Å². The summed E-state index contributed by atoms with van der Waals surface area (Å²) in [5.74, 6) is -5.91. The maximum Gasteiger partial charge on any atom is 0.342 e. The van der Waals surface area contributed by atoms with Crippen molar-refractivity contribution in [3.63, 3.8) is 0 Å². The molecule has 0 spiro atoms. The van der Waals surface area contributed by atoms with Crippen molar-refractivity contribution < 1.29 is 34.8 Å². The Hall–Kier alpha value is -1.71. The van der Waals surface area contributed by atoms with Crippen molar-refractivity contribution in [2.24, 2.45) is 11.5 Å². The number of aliphatic carboxylic acids is 3. The lowest BCUT2D eigenvalue weighted by atomic mass is 9.90. The smallest absolute Gasteiger partial charge is 0.342 e. The van der Waals surface area contributed by atoms with Crippen LogP contribution in [-0.4, -0.2) is 49.6 Å². The number of hydrogen-bond donors (Lipinski definition) is 6. The maximum absolute atomic E-state index is 10.6. The third kappa shape index (κ3) is 2.21. The van der Waals surface area contributed by atoms with E-state index in [2.05, 4.69) is 0 Å². The minimum absolute atomic E-state index is 1.43. The predicted octanol–water partition coefficient (Wildman–Crippen LogP) is -3.02. The first-order chi connectivity index (χ1) is 6.55. The molecule has 0 bridgehead atoms. The Morgan fingerprint density at radius 1 is 1.00 bits per heavy atom. The Morgan fingerprint density at radius 2 is 1.40 bits per heavy atom. The molecule has 1 unspecified atom stereocenters. The minimum atomic E-state index is -3.29. The van der Waals surface area contributed by atoms with Crippen molar-refractivity contribution in [1.29, 1.82) is 0 Å². The van der Waals surface area contributed by atoms with E-state index in [1.54, 1.807) is 0 Å². The van der Waals surface area contributed by atoms with E-state index in [1.807, 2.05) is 0 Å². The second-order valence-electron chi connectivity index (χ2n) is 2.91. The monoisotopic (exact) mass is 223 g/mol. The van der Waals surface area contributed by atoms with Crippen molar-refractivity contribution in [3.05, 3.63) is 0 Å². The fraction of sp³-hybridized carbons (Fsp3) is 0.500. The summed E-state index contributed by atoms with van der Waals surface area (Å²) in [4.78, 5) is 31.3. The number of carboxylic acids is 3. The van der Waals surface area contributed by atoms with Crippen LogP contribution in [0.5, 0.6) is 0 Å². The third-order valence-electron chi connectivity index (χ3n) is 1.80. The molecule has 0 aromatic rings. The normalized spacial score (nSPS) is 15.4. The summed E-state index contributed by atoms with van der Waals surface area (Å²) in [6.45, 7) is 0. The van der Waals surface area contributed by atoms with Crippen LogP contribution in [0, 0.1) is 0 Å². The van der Waals surface area contributed by atoms with Gasteiger partial charge in [0.15, 0.2) is 0 Å². The van der Waals surface area contributed by atoms with Crippen LogP contribution in [0.15, 0.2) is 0 Å². The Balaban J connectivity index is 5.38. The molecule has 0 amide bonds. The van der Waals surface area contributed by atoms with Crippen LogP contribution in [0.4, 0.5) is 0 Å². The van der Waals surface area contributed by atoms with E-state index < -0.39 is 35.6 Å². The van der Waals surface area contributed by atoms with Crippen molar-refractivity contribution >= 4 is 17.9 Å². The zero-order valence-electron chi connectivity index (χ0n) is 7.38. The highest BCUT2D eigenvalue weighted by molar-refractivity contribution is 5.94. The fourth-order valence-electron chi connectivity index (χ4n) is 0.795. The van der Waals surface area contributed by atoms with Gasteiger partial charge >= 0.3 is 17.9 Å². The number of carbonyl (C=O) groups is 3. The molecule has 0 aliphatic carbocycles. The molecular formula is C6H10N2O7. The number of hydrogen-bond acceptors (Lipinski definition) is 6. The molecule has 0 aromatic carbocycles. The van der Waals surface area contributed by atoms with Crippen molar-refractivity contribution in [3.8, 4) is 0 Å². The number of carboxylic acid groups (broad SMARTS) is 3. The summed E-state index contributed by atoms with van der Waals surface area (Å²) < 4.78 is 0. The van der Waals surface area contributed by atoms with Gasteiger partial charge in [-0.05, 0) is 0 Å². The Bertz CT molecular complexity index is 313. The summed E-state index contributed by atoms with van der Waals surface area (Å²) in [5.41, 5.74) is 3.36. The minimum Gasteiger partial charge on any atom is -0.481 e. The quantitative estimate of drug-likeness (QED) is 0.208. The van der Waals surface area contributed by atoms with Gasteiger partial charge in [0, 0.05) is 0 Å². The molecule has 9 heteroatoms. The Labute approximate surface area is 82.9 Å². The molecule has 0 saturated carbocycles. The summed E-state index contributed by atoms with van der Waals surface area (Å²) in [5, 5.41) is 34.7. The molecule has 0 heterocycles. The van der Waals surface area contributed by atoms with Gasteiger partial charge in [-0.1, -0.05) is 0 Å². The molecule has 0 aromatic heterocycles. The van der Waals surface area contributed by atoms with Gasteiger partial charge in [0.1, 0.15) is 0 Å². The summed E-state index contributed by atoms with van der Waals surface area (Å²) in [7, 11) is 0. The SMILES string of the molecule is NC(N)([13C](=O)O)C(O)(CC(=O)O)C(=O)O. The van der Waals surface area contributed by atoms with Gasteiger partial charge in [-0.3, -0.25) is 4.79 Å². The van der Waals surface area contributed by atoms with Crippen LogP contribution in [0.1, 0.15) is 6.42 Å². The molecule has 0 fully saturated rings. The first-order valence-electron chi connectivity index (χ1n) is 3.54. The van der Waals surface area contributed by atoms with Gasteiger partial charge in [-0.25, -0.2) is 9.59 Å². The van der Waals surface area contributed by atoms with Crippen molar-refractivity contribution in [2.75, 3.05) is 0 Å². The number of aliphatic hydroxyl groups is 1. The summed E-state index contributed by atoms with van der Waals surface area (Å²) in [6, 6.07) is 0. The fourth-order valence-corrected chi connectivity index (χ4v) is 0.795. The molecule has 15 heavy (non-hydrogen) atoms. The van der Waals surface area contributed by atoms with Gasteiger partial charge in [-0.2, -0.15) is 0 Å². The second kappa shape index (κ2) is 3.81. The summed E-state index contributed by atoms with van der Waals surface area (Å²) in [6.07, 6.45) is -1.43. The van der Waals surface area contributed by atoms with Gasteiger partial charge in [0.2, 0.25) is 11.3 Å². The standard InChI is InChI=1S/C6H10N2O7/c7-6(8,4(13)14)5(15,3(11)12)1-2(9)10/h15H,1,7-8H2,(H,9,10)(H,11,12)(H,13,14)/i4+1. The molecule has 1 atom stereocenters. The van der Waals surface area contributed by atoms with E-state index >= 15 is 0 Å². The van der Waals surface area contributed by atoms with Crippen LogP contribution in [0.2, 0.25) is 0 Å². The van der Waals surface area contributed by atoms with Crippen LogP contribution in [-0.2, 0) is 14.4 Å². The molecule has 0 aliphatic heterocycles. The zero-order valence-corrected chi connectivity index (χ0v) is 7.38. The molecular weight excluding hydrogens is 213 g/mol. The first kappa shape index (κ1) is 13.3. The van der Waals surface area contributed by atoms with Gasteiger partial charge in [0.05, 0.1) is 6.42 Å².